The monoisotopic (exact) mass is 272 g/mol. The van der Waals surface area contributed by atoms with Crippen LogP contribution in [0.5, 0.6) is 0 Å². The molecule has 0 radical (unpaired) electrons. The molecule has 1 heterocycles. The number of morpholine rings is 1. The molecule has 5 heteroatoms. The average Bonchev–Trinajstić information content (AvgIpc) is 2.27. The zero-order chi connectivity index (χ0) is 14.5. The van der Waals surface area contributed by atoms with E-state index in [1.165, 1.54) is 0 Å². The first-order valence-corrected chi connectivity index (χ1v) is 7.16. The van der Waals surface area contributed by atoms with Crippen molar-refractivity contribution in [2.75, 3.05) is 32.8 Å². The topological polar surface area (TPSA) is 50.8 Å². The van der Waals surface area contributed by atoms with Gasteiger partial charge in [-0.05, 0) is 34.6 Å². The first kappa shape index (κ1) is 16.4. The van der Waals surface area contributed by atoms with Crippen LogP contribution >= 0.6 is 0 Å². The maximum Gasteiger partial charge on any atom is 0.327 e. The number of nitrogens with zero attached hydrogens (tertiary/aromatic N) is 1. The van der Waals surface area contributed by atoms with Crippen LogP contribution in [0.2, 0.25) is 0 Å². The largest absolute Gasteiger partial charge is 0.465 e. The van der Waals surface area contributed by atoms with Crippen molar-refractivity contribution in [2.24, 2.45) is 0 Å². The molecule has 1 saturated heterocycles. The van der Waals surface area contributed by atoms with Crippen molar-refractivity contribution in [3.05, 3.63) is 0 Å². The van der Waals surface area contributed by atoms with Gasteiger partial charge in [-0.25, -0.2) is 0 Å². The van der Waals surface area contributed by atoms with Crippen molar-refractivity contribution in [3.8, 4) is 0 Å². The van der Waals surface area contributed by atoms with E-state index < -0.39 is 5.54 Å². The smallest absolute Gasteiger partial charge is 0.327 e. The summed E-state index contributed by atoms with van der Waals surface area (Å²) < 4.78 is 10.8. The molecule has 5 nitrogen and oxygen atoms in total. The van der Waals surface area contributed by atoms with Crippen LogP contribution in [0.1, 0.15) is 34.6 Å². The highest BCUT2D eigenvalue weighted by molar-refractivity contribution is 5.80. The predicted octanol–water partition coefficient (Wildman–Crippen LogP) is 1.03. The maximum absolute atomic E-state index is 12.2. The second-order valence-corrected chi connectivity index (χ2v) is 5.77. The van der Waals surface area contributed by atoms with Crippen LogP contribution in [0, 0.1) is 0 Å². The second kappa shape index (κ2) is 7.22. The Kier molecular flexibility index (Phi) is 6.23. The third-order valence-corrected chi connectivity index (χ3v) is 3.20. The Bertz CT molecular complexity index is 296. The first-order valence-electron chi connectivity index (χ1n) is 7.16. The lowest BCUT2D eigenvalue weighted by Gasteiger charge is -2.38. The number of carbonyl (C=O) groups excluding carboxylic acids is 1. The van der Waals surface area contributed by atoms with Gasteiger partial charge in [0.05, 0.1) is 19.3 Å². The van der Waals surface area contributed by atoms with Crippen molar-refractivity contribution in [1.82, 2.24) is 10.2 Å². The summed E-state index contributed by atoms with van der Waals surface area (Å²) in [5.74, 6) is -0.178. The van der Waals surface area contributed by atoms with E-state index in [0.717, 1.165) is 19.7 Å². The van der Waals surface area contributed by atoms with Gasteiger partial charge in [-0.2, -0.15) is 0 Å². The van der Waals surface area contributed by atoms with Crippen LogP contribution in [0.3, 0.4) is 0 Å². The van der Waals surface area contributed by atoms with Gasteiger partial charge in [0.1, 0.15) is 5.54 Å². The third kappa shape index (κ3) is 5.09. The first-order chi connectivity index (χ1) is 8.87. The minimum atomic E-state index is -0.665. The molecule has 112 valence electrons. The molecule has 0 saturated carbocycles. The highest BCUT2D eigenvalue weighted by Gasteiger charge is 2.37. The van der Waals surface area contributed by atoms with Gasteiger partial charge >= 0.3 is 5.97 Å². The standard InChI is InChI=1S/C14H28N2O3/c1-6-18-13(17)14(5,15-11(2)3)10-16-7-8-19-12(4)9-16/h11-12,15H,6-10H2,1-5H3. The van der Waals surface area contributed by atoms with Crippen molar-refractivity contribution in [1.29, 1.82) is 0 Å². The summed E-state index contributed by atoms with van der Waals surface area (Å²) in [5.41, 5.74) is -0.665. The van der Waals surface area contributed by atoms with Gasteiger partial charge in [0.2, 0.25) is 0 Å². The summed E-state index contributed by atoms with van der Waals surface area (Å²) in [6.07, 6.45) is 0.222. The van der Waals surface area contributed by atoms with Gasteiger partial charge < -0.3 is 9.47 Å². The molecule has 0 aliphatic carbocycles. The fourth-order valence-electron chi connectivity index (χ4n) is 2.58. The van der Waals surface area contributed by atoms with Gasteiger partial charge in [0.15, 0.2) is 0 Å². The molecule has 0 aromatic carbocycles. The molecule has 2 unspecified atom stereocenters. The molecule has 19 heavy (non-hydrogen) atoms. The molecule has 0 bridgehead atoms. The Hall–Kier alpha value is -0.650. The fourth-order valence-corrected chi connectivity index (χ4v) is 2.58. The second-order valence-electron chi connectivity index (χ2n) is 5.77. The van der Waals surface area contributed by atoms with E-state index in [2.05, 4.69) is 17.1 Å². The van der Waals surface area contributed by atoms with Crippen molar-refractivity contribution < 1.29 is 14.3 Å². The molecule has 1 N–H and O–H groups in total. The number of esters is 1. The molecule has 0 aromatic rings. The molecule has 1 aliphatic heterocycles. The summed E-state index contributed by atoms with van der Waals surface area (Å²) in [7, 11) is 0. The van der Waals surface area contributed by atoms with Crippen LogP contribution in [0.25, 0.3) is 0 Å². The summed E-state index contributed by atoms with van der Waals surface area (Å²) in [5, 5.41) is 3.35. The van der Waals surface area contributed by atoms with Gasteiger partial charge in [-0.15, -0.1) is 0 Å². The van der Waals surface area contributed by atoms with Crippen LogP contribution in [-0.4, -0.2) is 61.4 Å². The number of nitrogens with one attached hydrogen (secondary N) is 1. The predicted molar refractivity (Wildman–Crippen MR) is 75.2 cm³/mol. The quantitative estimate of drug-likeness (QED) is 0.732. The van der Waals surface area contributed by atoms with Crippen LogP contribution < -0.4 is 5.32 Å². The highest BCUT2D eigenvalue weighted by atomic mass is 16.5. The minimum absolute atomic E-state index is 0.178. The Morgan fingerprint density at radius 1 is 1.58 bits per heavy atom. The summed E-state index contributed by atoms with van der Waals surface area (Å²) >= 11 is 0. The molecule has 1 rings (SSSR count). The molecular formula is C14H28N2O3. The lowest BCUT2D eigenvalue weighted by atomic mass is 10.00. The molecular weight excluding hydrogens is 244 g/mol. The van der Waals surface area contributed by atoms with E-state index in [4.69, 9.17) is 9.47 Å². The Morgan fingerprint density at radius 2 is 2.26 bits per heavy atom. The lowest BCUT2D eigenvalue weighted by molar-refractivity contribution is -0.152. The van der Waals surface area contributed by atoms with E-state index in [9.17, 15) is 4.79 Å². The minimum Gasteiger partial charge on any atom is -0.465 e. The molecule has 1 aliphatic rings. The van der Waals surface area contributed by atoms with Crippen LogP contribution in [0.15, 0.2) is 0 Å². The van der Waals surface area contributed by atoms with Crippen molar-refractivity contribution >= 4 is 5.97 Å². The molecule has 1 fully saturated rings. The van der Waals surface area contributed by atoms with Crippen LogP contribution in [0.4, 0.5) is 0 Å². The molecule has 0 aromatic heterocycles. The zero-order valence-corrected chi connectivity index (χ0v) is 12.9. The number of rotatable bonds is 6. The van der Waals surface area contributed by atoms with Crippen LogP contribution in [-0.2, 0) is 14.3 Å². The maximum atomic E-state index is 12.2. The van der Waals surface area contributed by atoms with E-state index in [1.807, 2.05) is 27.7 Å². The van der Waals surface area contributed by atoms with E-state index in [-0.39, 0.29) is 18.1 Å². The average molecular weight is 272 g/mol. The molecule has 0 spiro atoms. The van der Waals surface area contributed by atoms with Gasteiger partial charge in [-0.1, -0.05) is 0 Å². The third-order valence-electron chi connectivity index (χ3n) is 3.20. The SMILES string of the molecule is CCOC(=O)C(C)(CN1CCOC(C)C1)NC(C)C. The molecule has 2 atom stereocenters. The highest BCUT2D eigenvalue weighted by Crippen LogP contribution is 2.14. The number of hydrogen-bond acceptors (Lipinski definition) is 5. The van der Waals surface area contributed by atoms with Crippen molar-refractivity contribution in [3.63, 3.8) is 0 Å². The Balaban J connectivity index is 2.69. The van der Waals surface area contributed by atoms with Gasteiger partial charge in [0, 0.05) is 25.7 Å². The number of ether oxygens (including phenoxy) is 2. The number of hydrogen-bond donors (Lipinski definition) is 1. The van der Waals surface area contributed by atoms with Gasteiger partial charge in [0.25, 0.3) is 0 Å². The summed E-state index contributed by atoms with van der Waals surface area (Å²) in [6, 6.07) is 0.230. The zero-order valence-electron chi connectivity index (χ0n) is 12.9. The van der Waals surface area contributed by atoms with E-state index in [1.54, 1.807) is 0 Å². The fraction of sp³-hybridized carbons (Fsp3) is 0.929. The van der Waals surface area contributed by atoms with Gasteiger partial charge in [-0.3, -0.25) is 15.0 Å². The molecule has 0 amide bonds. The normalized spacial score (nSPS) is 24.2. The van der Waals surface area contributed by atoms with E-state index >= 15 is 0 Å². The Morgan fingerprint density at radius 3 is 2.79 bits per heavy atom. The van der Waals surface area contributed by atoms with E-state index in [0.29, 0.717) is 13.2 Å². The summed E-state index contributed by atoms with van der Waals surface area (Å²) in [4.78, 5) is 14.5. The summed E-state index contributed by atoms with van der Waals surface area (Å²) in [6.45, 7) is 13.4. The Labute approximate surface area is 116 Å². The lowest BCUT2D eigenvalue weighted by Crippen LogP contribution is -2.61. The number of carbonyl (C=O) groups is 1. The van der Waals surface area contributed by atoms with Crippen molar-refractivity contribution in [2.45, 2.75) is 52.3 Å².